The fourth-order valence-electron chi connectivity index (χ4n) is 4.67. The fourth-order valence-corrected chi connectivity index (χ4v) is 4.67. The molecule has 0 amide bonds. The van der Waals surface area contributed by atoms with Crippen molar-refractivity contribution in [2.45, 2.75) is 80.8 Å². The summed E-state index contributed by atoms with van der Waals surface area (Å²) in [5.74, 6) is 1.90. The summed E-state index contributed by atoms with van der Waals surface area (Å²) >= 11 is 0. The van der Waals surface area contributed by atoms with Crippen molar-refractivity contribution in [3.8, 4) is 0 Å². The summed E-state index contributed by atoms with van der Waals surface area (Å²) in [5, 5.41) is 7.20. The number of rotatable bonds is 9. The predicted molar refractivity (Wildman–Crippen MR) is 137 cm³/mol. The summed E-state index contributed by atoms with van der Waals surface area (Å²) in [4.78, 5) is 9.35. The molecule has 0 aliphatic rings. The fraction of sp³-hybridized carbons (Fsp3) is 0.429. The van der Waals surface area contributed by atoms with E-state index < -0.39 is 0 Å². The summed E-state index contributed by atoms with van der Waals surface area (Å²) in [6.07, 6.45) is 3.07. The van der Waals surface area contributed by atoms with Gasteiger partial charge in [-0.1, -0.05) is 26.8 Å². The molecule has 32 heavy (non-hydrogen) atoms. The van der Waals surface area contributed by atoms with Crippen molar-refractivity contribution in [3.63, 3.8) is 0 Å². The molecule has 0 saturated heterocycles. The van der Waals surface area contributed by atoms with Crippen molar-refractivity contribution in [3.05, 3.63) is 80.7 Å². The van der Waals surface area contributed by atoms with Crippen LogP contribution in [0.1, 0.15) is 71.1 Å². The number of nitrogens with zero attached hydrogens (tertiary/aromatic N) is 2. The van der Waals surface area contributed by atoms with Gasteiger partial charge in [0.15, 0.2) is 0 Å². The molecule has 170 valence electrons. The van der Waals surface area contributed by atoms with Gasteiger partial charge < -0.3 is 10.6 Å². The Morgan fingerprint density at radius 3 is 1.34 bits per heavy atom. The van der Waals surface area contributed by atoms with Crippen LogP contribution >= 0.6 is 0 Å². The van der Waals surface area contributed by atoms with Gasteiger partial charge in [0, 0.05) is 24.5 Å². The maximum absolute atomic E-state index is 4.68. The number of aromatic nitrogens is 2. The highest BCUT2D eigenvalue weighted by Crippen LogP contribution is 2.28. The Morgan fingerprint density at radius 1 is 0.562 bits per heavy atom. The zero-order valence-corrected chi connectivity index (χ0v) is 20.8. The van der Waals surface area contributed by atoms with Crippen LogP contribution in [0.4, 0.5) is 11.6 Å². The van der Waals surface area contributed by atoms with Gasteiger partial charge in [0.2, 0.25) is 0 Å². The van der Waals surface area contributed by atoms with E-state index in [2.05, 4.69) is 85.6 Å². The highest BCUT2D eigenvalue weighted by Gasteiger charge is 2.16. The predicted octanol–water partition coefficient (Wildman–Crippen LogP) is 6.62. The standard InChI is InChI=1S/C28H38N4/c1-8-22-15-23(9-2)26(17-30-28-14-19(5)12-21(7)32-28)24(10-3)25(22)16-29-27-13-18(4)11-20(6)31-27/h11-15H,8-10,16-17H2,1-7H3,(H,29,31)(H,30,32). The Bertz CT molecular complexity index is 963. The third kappa shape index (κ3) is 5.67. The maximum Gasteiger partial charge on any atom is 0.126 e. The molecule has 1 aromatic carbocycles. The zero-order valence-electron chi connectivity index (χ0n) is 20.8. The molecule has 0 aliphatic carbocycles. The van der Waals surface area contributed by atoms with E-state index in [1.807, 2.05) is 13.8 Å². The van der Waals surface area contributed by atoms with Crippen LogP contribution in [-0.2, 0) is 32.4 Å². The molecular weight excluding hydrogens is 392 g/mol. The van der Waals surface area contributed by atoms with Crippen LogP contribution < -0.4 is 10.6 Å². The Labute approximate surface area is 193 Å². The van der Waals surface area contributed by atoms with Crippen molar-refractivity contribution in [2.24, 2.45) is 0 Å². The summed E-state index contributed by atoms with van der Waals surface area (Å²) in [5.41, 5.74) is 11.7. The topological polar surface area (TPSA) is 49.8 Å². The van der Waals surface area contributed by atoms with Crippen LogP contribution in [0.2, 0.25) is 0 Å². The number of nitrogens with one attached hydrogen (secondary N) is 2. The molecule has 0 spiro atoms. The molecule has 0 radical (unpaired) electrons. The van der Waals surface area contributed by atoms with Crippen molar-refractivity contribution >= 4 is 11.6 Å². The Morgan fingerprint density at radius 2 is 1.00 bits per heavy atom. The minimum absolute atomic E-state index is 0.793. The summed E-state index contributed by atoms with van der Waals surface area (Å²) in [6.45, 7) is 16.7. The Hall–Kier alpha value is -2.88. The van der Waals surface area contributed by atoms with Gasteiger partial charge in [0.1, 0.15) is 11.6 Å². The number of anilines is 2. The van der Waals surface area contributed by atoms with Gasteiger partial charge in [0.05, 0.1) is 0 Å². The SMILES string of the molecule is CCc1cc(CC)c(CNc2cc(C)cc(C)n2)c(CC)c1CNc1cc(C)cc(C)n1. The number of hydrogen-bond donors (Lipinski definition) is 2. The number of aryl methyl sites for hydroxylation is 6. The third-order valence-electron chi connectivity index (χ3n) is 6.06. The van der Waals surface area contributed by atoms with Crippen LogP contribution in [-0.4, -0.2) is 9.97 Å². The van der Waals surface area contributed by atoms with Gasteiger partial charge >= 0.3 is 0 Å². The van der Waals surface area contributed by atoms with E-state index in [1.165, 1.54) is 38.9 Å². The molecule has 0 fully saturated rings. The van der Waals surface area contributed by atoms with E-state index in [0.29, 0.717) is 0 Å². The molecule has 3 rings (SSSR count). The van der Waals surface area contributed by atoms with Crippen molar-refractivity contribution in [2.75, 3.05) is 10.6 Å². The van der Waals surface area contributed by atoms with E-state index in [4.69, 9.17) is 0 Å². The number of benzene rings is 1. The summed E-state index contributed by atoms with van der Waals surface area (Å²) < 4.78 is 0. The van der Waals surface area contributed by atoms with Crippen LogP contribution in [0.15, 0.2) is 30.3 Å². The van der Waals surface area contributed by atoms with Crippen LogP contribution in [0.3, 0.4) is 0 Å². The smallest absolute Gasteiger partial charge is 0.126 e. The highest BCUT2D eigenvalue weighted by atomic mass is 15.0. The molecule has 0 unspecified atom stereocenters. The second-order valence-corrected chi connectivity index (χ2v) is 8.74. The van der Waals surface area contributed by atoms with Crippen molar-refractivity contribution in [1.82, 2.24) is 9.97 Å². The second-order valence-electron chi connectivity index (χ2n) is 8.74. The molecule has 0 aliphatic heterocycles. The average Bonchev–Trinajstić information content (AvgIpc) is 2.74. The van der Waals surface area contributed by atoms with Crippen molar-refractivity contribution in [1.29, 1.82) is 0 Å². The van der Waals surface area contributed by atoms with Crippen LogP contribution in [0, 0.1) is 27.7 Å². The van der Waals surface area contributed by atoms with Gasteiger partial charge in [-0.25, -0.2) is 9.97 Å². The molecule has 4 heteroatoms. The lowest BCUT2D eigenvalue weighted by atomic mass is 9.88. The van der Waals surface area contributed by atoms with Gasteiger partial charge in [0.25, 0.3) is 0 Å². The zero-order chi connectivity index (χ0) is 23.3. The molecule has 0 bridgehead atoms. The molecule has 0 saturated carbocycles. The Kier molecular flexibility index (Phi) is 7.89. The minimum atomic E-state index is 0.793. The number of pyridine rings is 2. The summed E-state index contributed by atoms with van der Waals surface area (Å²) in [7, 11) is 0. The average molecular weight is 431 g/mol. The molecule has 0 atom stereocenters. The highest BCUT2D eigenvalue weighted by molar-refractivity contribution is 5.51. The molecule has 2 N–H and O–H groups in total. The van der Waals surface area contributed by atoms with Crippen LogP contribution in [0.5, 0.6) is 0 Å². The lowest BCUT2D eigenvalue weighted by Crippen LogP contribution is -2.14. The largest absolute Gasteiger partial charge is 0.366 e. The lowest BCUT2D eigenvalue weighted by Gasteiger charge is -2.22. The van der Waals surface area contributed by atoms with E-state index in [-0.39, 0.29) is 0 Å². The Balaban J connectivity index is 1.95. The first-order valence-electron chi connectivity index (χ1n) is 11.9. The third-order valence-corrected chi connectivity index (χ3v) is 6.06. The van der Waals surface area contributed by atoms with Gasteiger partial charge in [-0.2, -0.15) is 0 Å². The second kappa shape index (κ2) is 10.6. The van der Waals surface area contributed by atoms with Crippen LogP contribution in [0.25, 0.3) is 0 Å². The van der Waals surface area contributed by atoms with Gasteiger partial charge in [-0.05, 0) is 110 Å². The first-order valence-corrected chi connectivity index (χ1v) is 11.9. The minimum Gasteiger partial charge on any atom is -0.366 e. The number of hydrogen-bond acceptors (Lipinski definition) is 4. The quantitative estimate of drug-likeness (QED) is 0.400. The van der Waals surface area contributed by atoms with E-state index in [9.17, 15) is 0 Å². The molecule has 3 aromatic rings. The molecule has 4 nitrogen and oxygen atoms in total. The molecule has 2 heterocycles. The maximum atomic E-state index is 4.68. The molecular formula is C28H38N4. The monoisotopic (exact) mass is 430 g/mol. The van der Waals surface area contributed by atoms with E-state index in [1.54, 1.807) is 0 Å². The van der Waals surface area contributed by atoms with E-state index >= 15 is 0 Å². The van der Waals surface area contributed by atoms with E-state index in [0.717, 1.165) is 55.4 Å². The first-order chi connectivity index (χ1) is 15.3. The first kappa shape index (κ1) is 23.8. The normalized spacial score (nSPS) is 11.0. The molecule has 2 aromatic heterocycles. The summed E-state index contributed by atoms with van der Waals surface area (Å²) in [6, 6.07) is 10.9. The van der Waals surface area contributed by atoms with Gasteiger partial charge in [-0.3, -0.25) is 0 Å². The lowest BCUT2D eigenvalue weighted by molar-refractivity contribution is 0.914. The van der Waals surface area contributed by atoms with Gasteiger partial charge in [-0.15, -0.1) is 0 Å². The van der Waals surface area contributed by atoms with Crippen molar-refractivity contribution < 1.29 is 0 Å².